The molecule has 0 spiro atoms. The van der Waals surface area contributed by atoms with Crippen molar-refractivity contribution in [3.8, 4) is 0 Å². The Kier molecular flexibility index (Phi) is 8.27. The second-order valence-corrected chi connectivity index (χ2v) is 7.80. The molecule has 19 heavy (non-hydrogen) atoms. The highest BCUT2D eigenvalue weighted by Gasteiger charge is 2.26. The molecule has 0 aliphatic rings. The van der Waals surface area contributed by atoms with Gasteiger partial charge < -0.3 is 5.11 Å². The minimum Gasteiger partial charge on any atom is -0.390 e. The first kappa shape index (κ1) is 19.0. The molecule has 0 radical (unpaired) electrons. The summed E-state index contributed by atoms with van der Waals surface area (Å²) in [5.41, 5.74) is -0.501. The van der Waals surface area contributed by atoms with E-state index in [2.05, 4.69) is 48.5 Å². The van der Waals surface area contributed by atoms with E-state index in [1.807, 2.05) is 6.92 Å². The van der Waals surface area contributed by atoms with Crippen molar-refractivity contribution in [2.75, 3.05) is 0 Å². The van der Waals surface area contributed by atoms with Crippen LogP contribution in [0.5, 0.6) is 0 Å². The van der Waals surface area contributed by atoms with E-state index in [4.69, 9.17) is 0 Å². The molecule has 0 aromatic rings. The highest BCUT2D eigenvalue weighted by Crippen LogP contribution is 2.30. The maximum absolute atomic E-state index is 10.3. The molecule has 0 aliphatic heterocycles. The van der Waals surface area contributed by atoms with E-state index < -0.39 is 5.60 Å². The number of hydrogen-bond donors (Lipinski definition) is 1. The van der Waals surface area contributed by atoms with Crippen LogP contribution in [-0.2, 0) is 0 Å². The molecule has 0 amide bonds. The summed E-state index contributed by atoms with van der Waals surface area (Å²) >= 11 is 0. The molecule has 4 atom stereocenters. The van der Waals surface area contributed by atoms with Crippen molar-refractivity contribution in [3.63, 3.8) is 0 Å². The van der Waals surface area contributed by atoms with Gasteiger partial charge in [0.2, 0.25) is 0 Å². The standard InChI is InChI=1S/C18H38O/c1-13(2)15(5)9-10-16(6)17(7)11-12-18(8,19)14(3)4/h13-17,19H,9-12H2,1-8H3. The lowest BCUT2D eigenvalue weighted by Gasteiger charge is -2.30. The Morgan fingerprint density at radius 3 is 1.58 bits per heavy atom. The maximum atomic E-state index is 10.3. The van der Waals surface area contributed by atoms with Gasteiger partial charge in [0.05, 0.1) is 5.60 Å². The van der Waals surface area contributed by atoms with Gasteiger partial charge in [-0.3, -0.25) is 0 Å². The van der Waals surface area contributed by atoms with Crippen LogP contribution in [-0.4, -0.2) is 10.7 Å². The van der Waals surface area contributed by atoms with E-state index in [-0.39, 0.29) is 0 Å². The van der Waals surface area contributed by atoms with Crippen LogP contribution in [0, 0.1) is 29.6 Å². The molecule has 0 rings (SSSR count). The lowest BCUT2D eigenvalue weighted by Crippen LogP contribution is -2.31. The molecule has 1 nitrogen and oxygen atoms in total. The van der Waals surface area contributed by atoms with Gasteiger partial charge in [-0.2, -0.15) is 0 Å². The summed E-state index contributed by atoms with van der Waals surface area (Å²) in [6.45, 7) is 17.9. The van der Waals surface area contributed by atoms with Gasteiger partial charge in [0.1, 0.15) is 0 Å². The van der Waals surface area contributed by atoms with Crippen LogP contribution in [0.4, 0.5) is 0 Å². The van der Waals surface area contributed by atoms with Crippen LogP contribution in [0.1, 0.15) is 81.1 Å². The molecular formula is C18H38O. The Hall–Kier alpha value is -0.0400. The Bertz CT molecular complexity index is 230. The van der Waals surface area contributed by atoms with Gasteiger partial charge in [-0.1, -0.05) is 61.3 Å². The molecule has 4 unspecified atom stereocenters. The van der Waals surface area contributed by atoms with Crippen molar-refractivity contribution < 1.29 is 5.11 Å². The van der Waals surface area contributed by atoms with Crippen LogP contribution in [0.3, 0.4) is 0 Å². The van der Waals surface area contributed by atoms with Gasteiger partial charge in [-0.15, -0.1) is 0 Å². The van der Waals surface area contributed by atoms with E-state index in [9.17, 15) is 5.11 Å². The fourth-order valence-corrected chi connectivity index (χ4v) is 2.24. The first-order valence-corrected chi connectivity index (χ1v) is 8.30. The Labute approximate surface area is 122 Å². The average Bonchev–Trinajstić information content (AvgIpc) is 2.32. The third-order valence-electron chi connectivity index (χ3n) is 5.54. The molecule has 0 bridgehead atoms. The van der Waals surface area contributed by atoms with Crippen molar-refractivity contribution in [2.45, 2.75) is 86.7 Å². The molecule has 0 saturated heterocycles. The normalized spacial score (nSPS) is 20.4. The molecule has 0 heterocycles. The summed E-state index contributed by atoms with van der Waals surface area (Å²) in [5.74, 6) is 3.45. The van der Waals surface area contributed by atoms with Crippen molar-refractivity contribution in [1.29, 1.82) is 0 Å². The van der Waals surface area contributed by atoms with Crippen LogP contribution >= 0.6 is 0 Å². The predicted octanol–water partition coefficient (Wildman–Crippen LogP) is 5.52. The highest BCUT2D eigenvalue weighted by atomic mass is 16.3. The topological polar surface area (TPSA) is 20.2 Å². The smallest absolute Gasteiger partial charge is 0.0642 e. The van der Waals surface area contributed by atoms with Crippen molar-refractivity contribution >= 4 is 0 Å². The molecule has 0 aromatic carbocycles. The first-order chi connectivity index (χ1) is 8.58. The zero-order valence-corrected chi connectivity index (χ0v) is 14.7. The molecule has 0 fully saturated rings. The van der Waals surface area contributed by atoms with E-state index >= 15 is 0 Å². The summed E-state index contributed by atoms with van der Waals surface area (Å²) < 4.78 is 0. The van der Waals surface area contributed by atoms with Crippen molar-refractivity contribution in [1.82, 2.24) is 0 Å². The molecule has 0 aliphatic carbocycles. The van der Waals surface area contributed by atoms with E-state index in [0.29, 0.717) is 11.8 Å². The fourth-order valence-electron chi connectivity index (χ4n) is 2.24. The minimum atomic E-state index is -0.501. The first-order valence-electron chi connectivity index (χ1n) is 8.30. The van der Waals surface area contributed by atoms with E-state index in [1.54, 1.807) is 0 Å². The van der Waals surface area contributed by atoms with Gasteiger partial charge in [0.25, 0.3) is 0 Å². The second kappa shape index (κ2) is 8.29. The maximum Gasteiger partial charge on any atom is 0.0642 e. The Balaban J connectivity index is 4.04. The van der Waals surface area contributed by atoms with Crippen molar-refractivity contribution in [3.05, 3.63) is 0 Å². The van der Waals surface area contributed by atoms with E-state index in [1.165, 1.54) is 12.8 Å². The van der Waals surface area contributed by atoms with Crippen LogP contribution in [0.2, 0.25) is 0 Å². The minimum absolute atomic E-state index is 0.343. The largest absolute Gasteiger partial charge is 0.390 e. The molecular weight excluding hydrogens is 232 g/mol. The van der Waals surface area contributed by atoms with Gasteiger partial charge in [0.15, 0.2) is 0 Å². The molecule has 1 N–H and O–H groups in total. The molecule has 0 aromatic heterocycles. The van der Waals surface area contributed by atoms with Crippen LogP contribution < -0.4 is 0 Å². The third kappa shape index (κ3) is 7.34. The number of hydrogen-bond acceptors (Lipinski definition) is 1. The summed E-state index contributed by atoms with van der Waals surface area (Å²) in [5, 5.41) is 10.3. The highest BCUT2D eigenvalue weighted by molar-refractivity contribution is 4.78. The average molecular weight is 271 g/mol. The monoisotopic (exact) mass is 270 g/mol. The zero-order valence-electron chi connectivity index (χ0n) is 14.7. The summed E-state index contributed by atoms with van der Waals surface area (Å²) in [7, 11) is 0. The number of rotatable bonds is 9. The fraction of sp³-hybridized carbons (Fsp3) is 1.00. The Morgan fingerprint density at radius 1 is 0.737 bits per heavy atom. The van der Waals surface area contributed by atoms with Crippen LogP contribution in [0.25, 0.3) is 0 Å². The quantitative estimate of drug-likeness (QED) is 0.585. The summed E-state index contributed by atoms with van der Waals surface area (Å²) in [4.78, 5) is 0. The third-order valence-corrected chi connectivity index (χ3v) is 5.54. The summed E-state index contributed by atoms with van der Waals surface area (Å²) in [6.07, 6.45) is 4.73. The Morgan fingerprint density at radius 2 is 1.16 bits per heavy atom. The predicted molar refractivity (Wildman–Crippen MR) is 86.3 cm³/mol. The van der Waals surface area contributed by atoms with E-state index in [0.717, 1.165) is 30.6 Å². The van der Waals surface area contributed by atoms with Crippen LogP contribution in [0.15, 0.2) is 0 Å². The lowest BCUT2D eigenvalue weighted by molar-refractivity contribution is -0.00161. The van der Waals surface area contributed by atoms with Gasteiger partial charge in [-0.25, -0.2) is 0 Å². The molecule has 0 saturated carbocycles. The molecule has 116 valence electrons. The summed E-state index contributed by atoms with van der Waals surface area (Å²) in [6, 6.07) is 0. The lowest BCUT2D eigenvalue weighted by atomic mass is 9.80. The van der Waals surface area contributed by atoms with Crippen molar-refractivity contribution in [2.24, 2.45) is 29.6 Å². The SMILES string of the molecule is CC(C)C(C)CCC(C)C(C)CCC(C)(O)C(C)C. The van der Waals surface area contributed by atoms with Gasteiger partial charge in [-0.05, 0) is 49.4 Å². The molecule has 1 heteroatoms. The van der Waals surface area contributed by atoms with Gasteiger partial charge in [0, 0.05) is 0 Å². The van der Waals surface area contributed by atoms with Gasteiger partial charge >= 0.3 is 0 Å². The second-order valence-electron chi connectivity index (χ2n) is 7.80. The zero-order chi connectivity index (χ0) is 15.2. The number of aliphatic hydroxyl groups is 1.